The summed E-state index contributed by atoms with van der Waals surface area (Å²) in [5, 5.41) is 5.25. The van der Waals surface area contributed by atoms with Gasteiger partial charge in [0.25, 0.3) is 0 Å². The van der Waals surface area contributed by atoms with Crippen LogP contribution in [0.4, 0.5) is 0 Å². The summed E-state index contributed by atoms with van der Waals surface area (Å²) >= 11 is 1.36. The van der Waals surface area contributed by atoms with E-state index in [1.807, 2.05) is 6.92 Å². The highest BCUT2D eigenvalue weighted by Crippen LogP contribution is 2.33. The molecule has 1 rings (SSSR count). The first-order valence-electron chi connectivity index (χ1n) is 6.05. The molecular weight excluding hydrogens is 254 g/mol. The second-order valence-corrected chi connectivity index (χ2v) is 7.18. The Hall–Kier alpha value is -0.390. The van der Waals surface area contributed by atoms with Crippen LogP contribution >= 0.6 is 11.3 Å². The van der Waals surface area contributed by atoms with Crippen molar-refractivity contribution in [3.63, 3.8) is 0 Å². The van der Waals surface area contributed by atoms with E-state index in [1.165, 1.54) is 21.8 Å². The van der Waals surface area contributed by atoms with Crippen molar-refractivity contribution in [3.8, 4) is 0 Å². The summed E-state index contributed by atoms with van der Waals surface area (Å²) in [7, 11) is -3.56. The van der Waals surface area contributed by atoms with Gasteiger partial charge in [0.1, 0.15) is 4.21 Å². The molecule has 0 spiro atoms. The predicted molar refractivity (Wildman–Crippen MR) is 73.0 cm³/mol. The van der Waals surface area contributed by atoms with Crippen LogP contribution in [0.5, 0.6) is 0 Å². The van der Waals surface area contributed by atoms with Gasteiger partial charge in [-0.05, 0) is 37.3 Å². The van der Waals surface area contributed by atoms with Crippen molar-refractivity contribution in [2.24, 2.45) is 5.14 Å². The largest absolute Gasteiger partial charge is 0.247 e. The molecule has 1 heterocycles. The zero-order chi connectivity index (χ0) is 13.1. The minimum Gasteiger partial charge on any atom is -0.224 e. The molecule has 0 saturated carbocycles. The Morgan fingerprint density at radius 2 is 1.82 bits per heavy atom. The van der Waals surface area contributed by atoms with Crippen LogP contribution in [-0.2, 0) is 22.9 Å². The number of hydrogen-bond donors (Lipinski definition) is 1. The molecule has 17 heavy (non-hydrogen) atoms. The number of thiophene rings is 1. The average Bonchev–Trinajstić information content (AvgIpc) is 2.54. The van der Waals surface area contributed by atoms with Gasteiger partial charge < -0.3 is 0 Å². The molecule has 0 atom stereocenters. The molecule has 0 bridgehead atoms. The van der Waals surface area contributed by atoms with Gasteiger partial charge >= 0.3 is 0 Å². The summed E-state index contributed by atoms with van der Waals surface area (Å²) in [5.41, 5.74) is 2.07. The molecule has 0 aliphatic carbocycles. The Kier molecular flexibility index (Phi) is 5.16. The Bertz CT molecular complexity index is 475. The number of hydrogen-bond acceptors (Lipinski definition) is 3. The molecule has 0 unspecified atom stereocenters. The van der Waals surface area contributed by atoms with Gasteiger partial charge in [0.05, 0.1) is 0 Å². The fourth-order valence-corrected chi connectivity index (χ4v) is 4.41. The van der Waals surface area contributed by atoms with E-state index >= 15 is 0 Å². The molecule has 0 aliphatic rings. The van der Waals surface area contributed by atoms with Crippen LogP contribution < -0.4 is 5.14 Å². The normalized spacial score (nSPS) is 12.0. The van der Waals surface area contributed by atoms with Crippen molar-refractivity contribution in [3.05, 3.63) is 16.0 Å². The fraction of sp³-hybridized carbons (Fsp3) is 0.667. The summed E-state index contributed by atoms with van der Waals surface area (Å²) in [6, 6.07) is 0. The summed E-state index contributed by atoms with van der Waals surface area (Å²) in [6.07, 6.45) is 5.15. The zero-order valence-corrected chi connectivity index (χ0v) is 12.4. The lowest BCUT2D eigenvalue weighted by Gasteiger charge is -2.03. The van der Waals surface area contributed by atoms with Crippen molar-refractivity contribution in [1.29, 1.82) is 0 Å². The third-order valence-corrected chi connectivity index (χ3v) is 5.79. The molecule has 2 N–H and O–H groups in total. The molecule has 98 valence electrons. The maximum Gasteiger partial charge on any atom is 0.247 e. The monoisotopic (exact) mass is 275 g/mol. The fourth-order valence-electron chi connectivity index (χ4n) is 1.97. The molecule has 0 saturated heterocycles. The van der Waals surface area contributed by atoms with E-state index in [2.05, 4.69) is 13.8 Å². The first kappa shape index (κ1) is 14.7. The first-order valence-corrected chi connectivity index (χ1v) is 8.42. The summed E-state index contributed by atoms with van der Waals surface area (Å²) in [5.74, 6) is 0. The van der Waals surface area contributed by atoms with E-state index in [4.69, 9.17) is 5.14 Å². The third-order valence-electron chi connectivity index (χ3n) is 2.83. The van der Waals surface area contributed by atoms with Gasteiger partial charge in [-0.1, -0.05) is 26.7 Å². The van der Waals surface area contributed by atoms with Gasteiger partial charge in [-0.15, -0.1) is 11.3 Å². The van der Waals surface area contributed by atoms with Gasteiger partial charge in [0.2, 0.25) is 10.0 Å². The molecular formula is C12H21NO2S2. The highest BCUT2D eigenvalue weighted by Gasteiger charge is 2.20. The van der Waals surface area contributed by atoms with Crippen LogP contribution in [0.15, 0.2) is 4.21 Å². The summed E-state index contributed by atoms with van der Waals surface area (Å²) in [4.78, 5) is 1.20. The quantitative estimate of drug-likeness (QED) is 0.867. The molecule has 0 fully saturated rings. The first-order chi connectivity index (χ1) is 7.91. The van der Waals surface area contributed by atoms with E-state index < -0.39 is 10.0 Å². The van der Waals surface area contributed by atoms with E-state index in [-0.39, 0.29) is 0 Å². The SMILES string of the molecule is CCCCc1sc(S(N)(=O)=O)c(C)c1CCC. The molecule has 0 aromatic carbocycles. The van der Waals surface area contributed by atoms with Gasteiger partial charge in [0, 0.05) is 4.88 Å². The van der Waals surface area contributed by atoms with Crippen LogP contribution in [0.2, 0.25) is 0 Å². The lowest BCUT2D eigenvalue weighted by Crippen LogP contribution is -2.11. The molecule has 3 nitrogen and oxygen atoms in total. The van der Waals surface area contributed by atoms with Crippen LogP contribution in [-0.4, -0.2) is 8.42 Å². The molecule has 0 radical (unpaired) electrons. The van der Waals surface area contributed by atoms with Crippen LogP contribution in [0.3, 0.4) is 0 Å². The van der Waals surface area contributed by atoms with Crippen molar-refractivity contribution in [1.82, 2.24) is 0 Å². The summed E-state index contributed by atoms with van der Waals surface area (Å²) < 4.78 is 23.3. The second kappa shape index (κ2) is 5.98. The highest BCUT2D eigenvalue weighted by atomic mass is 32.2. The smallest absolute Gasteiger partial charge is 0.224 e. The highest BCUT2D eigenvalue weighted by molar-refractivity contribution is 7.91. The van der Waals surface area contributed by atoms with E-state index in [0.717, 1.165) is 37.7 Å². The molecule has 0 aliphatic heterocycles. The number of rotatable bonds is 6. The Balaban J connectivity index is 3.19. The van der Waals surface area contributed by atoms with Gasteiger partial charge in [-0.25, -0.2) is 13.6 Å². The van der Waals surface area contributed by atoms with E-state index in [0.29, 0.717) is 4.21 Å². The van der Waals surface area contributed by atoms with Crippen LogP contribution in [0, 0.1) is 6.92 Å². The van der Waals surface area contributed by atoms with Crippen molar-refractivity contribution in [2.45, 2.75) is 57.1 Å². The van der Waals surface area contributed by atoms with Gasteiger partial charge in [0.15, 0.2) is 0 Å². The zero-order valence-electron chi connectivity index (χ0n) is 10.7. The number of unbranched alkanes of at least 4 members (excludes halogenated alkanes) is 1. The number of nitrogens with two attached hydrogens (primary N) is 1. The number of aryl methyl sites for hydroxylation is 1. The number of primary sulfonamides is 1. The molecule has 1 aromatic rings. The summed E-state index contributed by atoms with van der Waals surface area (Å²) in [6.45, 7) is 6.12. The Labute approximate surface area is 108 Å². The third kappa shape index (κ3) is 3.53. The Morgan fingerprint density at radius 1 is 1.18 bits per heavy atom. The maximum atomic E-state index is 11.5. The Morgan fingerprint density at radius 3 is 2.29 bits per heavy atom. The van der Waals surface area contributed by atoms with E-state index in [1.54, 1.807) is 0 Å². The van der Waals surface area contributed by atoms with Gasteiger partial charge in [-0.2, -0.15) is 0 Å². The lowest BCUT2D eigenvalue weighted by atomic mass is 10.0. The minimum absolute atomic E-state index is 0.354. The predicted octanol–water partition coefficient (Wildman–Crippen LogP) is 3.00. The second-order valence-electron chi connectivity index (χ2n) is 4.31. The van der Waals surface area contributed by atoms with Crippen LogP contribution in [0.25, 0.3) is 0 Å². The van der Waals surface area contributed by atoms with Crippen molar-refractivity contribution >= 4 is 21.4 Å². The van der Waals surface area contributed by atoms with Gasteiger partial charge in [-0.3, -0.25) is 0 Å². The molecule has 5 heteroatoms. The molecule has 1 aromatic heterocycles. The number of sulfonamides is 1. The van der Waals surface area contributed by atoms with Crippen molar-refractivity contribution < 1.29 is 8.42 Å². The maximum absolute atomic E-state index is 11.5. The van der Waals surface area contributed by atoms with Crippen LogP contribution in [0.1, 0.15) is 49.1 Å². The van der Waals surface area contributed by atoms with Crippen molar-refractivity contribution in [2.75, 3.05) is 0 Å². The average molecular weight is 275 g/mol. The standard InChI is InChI=1S/C12H21NO2S2/c1-4-6-8-11-10(7-5-2)9(3)12(16-11)17(13,14)15/h4-8H2,1-3H3,(H2,13,14,15). The minimum atomic E-state index is -3.56. The topological polar surface area (TPSA) is 60.2 Å². The lowest BCUT2D eigenvalue weighted by molar-refractivity contribution is 0.599. The van der Waals surface area contributed by atoms with E-state index in [9.17, 15) is 8.42 Å². The molecule has 0 amide bonds.